The third-order valence-electron chi connectivity index (χ3n) is 5.34. The SMILES string of the molecule is CC1=C2CCC(C)C3(CCC(=O)O3)C(C)(O)C2OC1=O. The van der Waals surface area contributed by atoms with Gasteiger partial charge in [0.25, 0.3) is 0 Å². The molecule has 1 N–H and O–H groups in total. The first-order chi connectivity index (χ1) is 9.29. The van der Waals surface area contributed by atoms with Gasteiger partial charge in [-0.1, -0.05) is 6.92 Å². The van der Waals surface area contributed by atoms with Crippen molar-refractivity contribution in [1.82, 2.24) is 0 Å². The molecule has 3 rings (SSSR count). The van der Waals surface area contributed by atoms with Crippen LogP contribution in [0, 0.1) is 5.92 Å². The number of esters is 2. The van der Waals surface area contributed by atoms with Crippen LogP contribution < -0.4 is 0 Å². The van der Waals surface area contributed by atoms with Gasteiger partial charge in [-0.05, 0) is 38.2 Å². The highest BCUT2D eigenvalue weighted by molar-refractivity contribution is 5.92. The van der Waals surface area contributed by atoms with Crippen molar-refractivity contribution in [1.29, 1.82) is 0 Å². The minimum atomic E-state index is -1.39. The van der Waals surface area contributed by atoms with E-state index < -0.39 is 17.3 Å². The van der Waals surface area contributed by atoms with E-state index in [1.807, 2.05) is 6.92 Å². The van der Waals surface area contributed by atoms with Gasteiger partial charge in [0.2, 0.25) is 0 Å². The molecule has 20 heavy (non-hydrogen) atoms. The van der Waals surface area contributed by atoms with E-state index in [9.17, 15) is 14.7 Å². The molecule has 0 bridgehead atoms. The molecule has 0 radical (unpaired) electrons. The average molecular weight is 280 g/mol. The lowest BCUT2D eigenvalue weighted by Gasteiger charge is -2.45. The van der Waals surface area contributed by atoms with Gasteiger partial charge in [-0.3, -0.25) is 4.79 Å². The number of rotatable bonds is 0. The van der Waals surface area contributed by atoms with Gasteiger partial charge in [-0.2, -0.15) is 0 Å². The van der Waals surface area contributed by atoms with Crippen LogP contribution in [0.2, 0.25) is 0 Å². The van der Waals surface area contributed by atoms with Gasteiger partial charge >= 0.3 is 11.9 Å². The summed E-state index contributed by atoms with van der Waals surface area (Å²) in [4.78, 5) is 23.4. The molecule has 4 unspecified atom stereocenters. The van der Waals surface area contributed by atoms with E-state index in [1.54, 1.807) is 13.8 Å². The Labute approximate surface area is 117 Å². The zero-order valence-corrected chi connectivity index (χ0v) is 12.1. The molecule has 3 aliphatic rings. The molecular formula is C15H20O5. The quantitative estimate of drug-likeness (QED) is 0.680. The number of aliphatic hydroxyl groups is 1. The van der Waals surface area contributed by atoms with Crippen molar-refractivity contribution in [3.63, 3.8) is 0 Å². The largest absolute Gasteiger partial charge is 0.456 e. The Morgan fingerprint density at radius 3 is 2.60 bits per heavy atom. The van der Waals surface area contributed by atoms with Crippen LogP contribution in [-0.2, 0) is 19.1 Å². The number of carbonyl (C=O) groups excluding carboxylic acids is 2. The van der Waals surface area contributed by atoms with Gasteiger partial charge in [0.1, 0.15) is 11.2 Å². The van der Waals surface area contributed by atoms with Crippen molar-refractivity contribution in [2.45, 2.75) is 63.8 Å². The Morgan fingerprint density at radius 1 is 1.30 bits per heavy atom. The second-order valence-corrected chi connectivity index (χ2v) is 6.39. The van der Waals surface area contributed by atoms with Gasteiger partial charge in [-0.15, -0.1) is 0 Å². The van der Waals surface area contributed by atoms with Crippen LogP contribution in [0.4, 0.5) is 0 Å². The van der Waals surface area contributed by atoms with Gasteiger partial charge < -0.3 is 14.6 Å². The molecule has 110 valence electrons. The van der Waals surface area contributed by atoms with Crippen molar-refractivity contribution in [3.05, 3.63) is 11.1 Å². The lowest BCUT2D eigenvalue weighted by Crippen LogP contribution is -2.61. The summed E-state index contributed by atoms with van der Waals surface area (Å²) in [5, 5.41) is 11.1. The van der Waals surface area contributed by atoms with Gasteiger partial charge in [0, 0.05) is 18.4 Å². The Hall–Kier alpha value is -1.36. The second-order valence-electron chi connectivity index (χ2n) is 6.39. The van der Waals surface area contributed by atoms with Crippen LogP contribution in [0.1, 0.15) is 46.5 Å². The summed E-state index contributed by atoms with van der Waals surface area (Å²) in [5.74, 6) is -0.640. The number of carbonyl (C=O) groups is 2. The first-order valence-electron chi connectivity index (χ1n) is 7.14. The summed E-state index contributed by atoms with van der Waals surface area (Å²) in [6.45, 7) is 5.35. The summed E-state index contributed by atoms with van der Waals surface area (Å²) >= 11 is 0. The fraction of sp³-hybridized carbons (Fsp3) is 0.733. The van der Waals surface area contributed by atoms with Crippen molar-refractivity contribution >= 4 is 11.9 Å². The molecular weight excluding hydrogens is 260 g/mol. The van der Waals surface area contributed by atoms with Crippen LogP contribution in [-0.4, -0.2) is 34.4 Å². The van der Waals surface area contributed by atoms with E-state index in [2.05, 4.69) is 0 Å². The normalized spacial score (nSPS) is 44.4. The highest BCUT2D eigenvalue weighted by Crippen LogP contribution is 2.52. The molecule has 5 heteroatoms. The minimum Gasteiger partial charge on any atom is -0.456 e. The van der Waals surface area contributed by atoms with Gasteiger partial charge in [0.05, 0.1) is 0 Å². The molecule has 5 nitrogen and oxygen atoms in total. The maximum absolute atomic E-state index is 11.8. The maximum atomic E-state index is 11.8. The van der Waals surface area contributed by atoms with Crippen molar-refractivity contribution in [2.75, 3.05) is 0 Å². The summed E-state index contributed by atoms with van der Waals surface area (Å²) in [6.07, 6.45) is 1.53. The van der Waals surface area contributed by atoms with Crippen LogP contribution in [0.25, 0.3) is 0 Å². The number of hydrogen-bond acceptors (Lipinski definition) is 5. The Balaban J connectivity index is 2.10. The highest BCUT2D eigenvalue weighted by Gasteiger charge is 2.64. The van der Waals surface area contributed by atoms with Crippen molar-refractivity contribution in [3.8, 4) is 0 Å². The highest BCUT2D eigenvalue weighted by atomic mass is 16.6. The molecule has 0 aromatic rings. The maximum Gasteiger partial charge on any atom is 0.334 e. The van der Waals surface area contributed by atoms with Crippen molar-refractivity contribution < 1.29 is 24.2 Å². The van der Waals surface area contributed by atoms with E-state index in [4.69, 9.17) is 9.47 Å². The summed E-state index contributed by atoms with van der Waals surface area (Å²) < 4.78 is 11.0. The average Bonchev–Trinajstić information content (AvgIpc) is 2.89. The van der Waals surface area contributed by atoms with E-state index >= 15 is 0 Å². The second kappa shape index (κ2) is 4.07. The van der Waals surface area contributed by atoms with E-state index in [1.165, 1.54) is 0 Å². The van der Waals surface area contributed by atoms with Gasteiger partial charge in [0.15, 0.2) is 6.10 Å². The molecule has 2 fully saturated rings. The summed E-state index contributed by atoms with van der Waals surface area (Å²) in [6, 6.07) is 0. The molecule has 1 spiro atoms. The molecule has 0 aromatic carbocycles. The van der Waals surface area contributed by atoms with Crippen LogP contribution in [0.15, 0.2) is 11.1 Å². The molecule has 1 saturated heterocycles. The zero-order valence-electron chi connectivity index (χ0n) is 12.1. The van der Waals surface area contributed by atoms with Crippen LogP contribution >= 0.6 is 0 Å². The first kappa shape index (κ1) is 13.6. The lowest BCUT2D eigenvalue weighted by atomic mass is 9.71. The van der Waals surface area contributed by atoms with Crippen LogP contribution in [0.3, 0.4) is 0 Å². The zero-order chi connectivity index (χ0) is 14.7. The topological polar surface area (TPSA) is 72.8 Å². The molecule has 0 amide bonds. The first-order valence-corrected chi connectivity index (χ1v) is 7.14. The fourth-order valence-corrected chi connectivity index (χ4v) is 3.99. The molecule has 2 aliphatic heterocycles. The van der Waals surface area contributed by atoms with E-state index in [0.29, 0.717) is 24.8 Å². The smallest absolute Gasteiger partial charge is 0.334 e. The minimum absolute atomic E-state index is 0.0218. The van der Waals surface area contributed by atoms with Crippen molar-refractivity contribution in [2.24, 2.45) is 5.92 Å². The Kier molecular flexibility index (Phi) is 2.77. The third kappa shape index (κ3) is 1.53. The monoisotopic (exact) mass is 280 g/mol. The predicted octanol–water partition coefficient (Wildman–Crippen LogP) is 1.48. The number of ether oxygens (including phenoxy) is 2. The number of hydrogen-bond donors (Lipinski definition) is 1. The Bertz CT molecular complexity index is 518. The standard InChI is InChI=1S/C15H20O5/c1-8-4-5-10-9(2)13(17)19-12(10)14(3,18)15(8)7-6-11(16)20-15/h8,12,18H,4-7H2,1-3H3. The molecule has 4 atom stereocenters. The summed E-state index contributed by atoms with van der Waals surface area (Å²) in [5.41, 5.74) is -0.908. The molecule has 1 aliphatic carbocycles. The molecule has 1 saturated carbocycles. The summed E-state index contributed by atoms with van der Waals surface area (Å²) in [7, 11) is 0. The van der Waals surface area contributed by atoms with Gasteiger partial charge in [-0.25, -0.2) is 4.79 Å². The lowest BCUT2D eigenvalue weighted by molar-refractivity contribution is -0.213. The fourth-order valence-electron chi connectivity index (χ4n) is 3.99. The predicted molar refractivity (Wildman–Crippen MR) is 69.7 cm³/mol. The molecule has 2 heterocycles. The third-order valence-corrected chi connectivity index (χ3v) is 5.34. The van der Waals surface area contributed by atoms with Crippen LogP contribution in [0.5, 0.6) is 0 Å². The molecule has 0 aromatic heterocycles. The Morgan fingerprint density at radius 2 is 2.00 bits per heavy atom. The van der Waals surface area contributed by atoms with E-state index in [0.717, 1.165) is 12.0 Å². The van der Waals surface area contributed by atoms with E-state index in [-0.39, 0.29) is 17.9 Å². The number of fused-ring (bicyclic) bond motifs is 1.